The second kappa shape index (κ2) is 9.43. The van der Waals surface area contributed by atoms with E-state index in [2.05, 4.69) is 11.7 Å². The summed E-state index contributed by atoms with van der Waals surface area (Å²) in [5.74, 6) is 0. The Morgan fingerprint density at radius 1 is 1.50 bits per heavy atom. The second-order valence-electron chi connectivity index (χ2n) is 0.941. The van der Waals surface area contributed by atoms with E-state index < -0.39 is 10.4 Å². The van der Waals surface area contributed by atoms with E-state index in [1.165, 1.54) is 0 Å². The second-order valence-corrected chi connectivity index (χ2v) is 1.84. The molecule has 0 unspecified atom stereocenters. The summed E-state index contributed by atoms with van der Waals surface area (Å²) in [6.07, 6.45) is 0. The van der Waals surface area contributed by atoms with Gasteiger partial charge in [0.05, 0.1) is 0 Å². The SMILES string of the molecule is O=S(=O)(O)O.[CH2-]COC.[Li+]. The fraction of sp³-hybridized carbons (Fsp3) is 0.667. The molecule has 0 aromatic heterocycles. The van der Waals surface area contributed by atoms with Crippen LogP contribution < -0.4 is 18.9 Å². The standard InChI is InChI=1S/C3H7O.Li.H2O4S/c1-3-4-2;;1-5(2,3)4/h1,3H2,2H3;;(H2,1,2,3,4)/q-1;+1;. The zero-order valence-electron chi connectivity index (χ0n) is 5.94. The van der Waals surface area contributed by atoms with Crippen LogP contribution in [-0.4, -0.2) is 31.2 Å². The minimum Gasteiger partial charge on any atom is -0.417 e. The van der Waals surface area contributed by atoms with E-state index in [1.807, 2.05) is 0 Å². The van der Waals surface area contributed by atoms with Crippen molar-refractivity contribution in [3.63, 3.8) is 0 Å². The molecule has 0 amide bonds. The van der Waals surface area contributed by atoms with Gasteiger partial charge in [0, 0.05) is 7.11 Å². The summed E-state index contributed by atoms with van der Waals surface area (Å²) in [6.45, 7) is 3.95. The van der Waals surface area contributed by atoms with Crippen molar-refractivity contribution in [2.45, 2.75) is 0 Å². The molecule has 0 rings (SSSR count). The molecule has 0 aliphatic carbocycles. The summed E-state index contributed by atoms with van der Waals surface area (Å²) in [5.41, 5.74) is 0. The molecule has 58 valence electrons. The normalized spacial score (nSPS) is 8.80. The minimum absolute atomic E-state index is 0. The van der Waals surface area contributed by atoms with Crippen molar-refractivity contribution < 1.29 is 41.1 Å². The summed E-state index contributed by atoms with van der Waals surface area (Å²) >= 11 is 0. The van der Waals surface area contributed by atoms with Gasteiger partial charge < -0.3 is 11.7 Å². The molecule has 0 aromatic rings. The van der Waals surface area contributed by atoms with Crippen LogP contribution in [0.5, 0.6) is 0 Å². The Hall–Kier alpha value is 0.427. The van der Waals surface area contributed by atoms with Gasteiger partial charge >= 0.3 is 29.3 Å². The van der Waals surface area contributed by atoms with Crippen molar-refractivity contribution in [3.05, 3.63) is 6.92 Å². The van der Waals surface area contributed by atoms with Gasteiger partial charge in [-0.2, -0.15) is 8.42 Å². The summed E-state index contributed by atoms with van der Waals surface area (Å²) in [4.78, 5) is 0. The van der Waals surface area contributed by atoms with Gasteiger partial charge in [0.1, 0.15) is 0 Å². The van der Waals surface area contributed by atoms with Crippen LogP contribution in [0.4, 0.5) is 0 Å². The smallest absolute Gasteiger partial charge is 0.417 e. The maximum Gasteiger partial charge on any atom is 1.00 e. The average Bonchev–Trinajstić information content (AvgIpc) is 1.61. The van der Waals surface area contributed by atoms with Crippen LogP contribution in [0.15, 0.2) is 0 Å². The van der Waals surface area contributed by atoms with Crippen molar-refractivity contribution in [2.75, 3.05) is 13.7 Å². The molecule has 2 N–H and O–H groups in total. The molecule has 0 saturated heterocycles. The number of ether oxygens (including phenoxy) is 1. The van der Waals surface area contributed by atoms with Crippen LogP contribution in [0.2, 0.25) is 0 Å². The summed E-state index contributed by atoms with van der Waals surface area (Å²) in [6, 6.07) is 0. The predicted molar refractivity (Wildman–Crippen MR) is 31.4 cm³/mol. The molecule has 0 aliphatic rings. The molecular formula is C3H9LiO5S. The van der Waals surface area contributed by atoms with E-state index in [4.69, 9.17) is 17.5 Å². The minimum atomic E-state index is -4.67. The zero-order valence-corrected chi connectivity index (χ0v) is 6.76. The largest absolute Gasteiger partial charge is 1.00 e. The van der Waals surface area contributed by atoms with Crippen LogP contribution in [0.25, 0.3) is 0 Å². The molecule has 0 spiro atoms. The number of hydrogen-bond donors (Lipinski definition) is 2. The fourth-order valence-corrected chi connectivity index (χ4v) is 0. The van der Waals surface area contributed by atoms with Gasteiger partial charge in [-0.3, -0.25) is 9.11 Å². The molecule has 0 heterocycles. The average molecular weight is 164 g/mol. The van der Waals surface area contributed by atoms with Gasteiger partial charge in [-0.05, 0) is 0 Å². The van der Waals surface area contributed by atoms with Gasteiger partial charge in [-0.1, -0.05) is 6.61 Å². The topological polar surface area (TPSA) is 83.8 Å². The van der Waals surface area contributed by atoms with Gasteiger partial charge in [0.2, 0.25) is 0 Å². The molecule has 5 nitrogen and oxygen atoms in total. The van der Waals surface area contributed by atoms with E-state index >= 15 is 0 Å². The van der Waals surface area contributed by atoms with E-state index in [-0.39, 0.29) is 18.9 Å². The first-order valence-corrected chi connectivity index (χ1v) is 3.29. The number of rotatable bonds is 1. The molecule has 0 saturated carbocycles. The quantitative estimate of drug-likeness (QED) is 0.242. The van der Waals surface area contributed by atoms with Crippen molar-refractivity contribution in [2.24, 2.45) is 0 Å². The van der Waals surface area contributed by atoms with E-state index in [0.717, 1.165) is 0 Å². The summed E-state index contributed by atoms with van der Waals surface area (Å²) in [5, 5.41) is 0. The molecule has 0 radical (unpaired) electrons. The molecule has 0 bridgehead atoms. The van der Waals surface area contributed by atoms with Crippen molar-refractivity contribution in [1.29, 1.82) is 0 Å². The van der Waals surface area contributed by atoms with Gasteiger partial charge in [0.15, 0.2) is 0 Å². The molecule has 0 aromatic carbocycles. The molecule has 0 atom stereocenters. The molecule has 10 heavy (non-hydrogen) atoms. The van der Waals surface area contributed by atoms with Crippen molar-refractivity contribution >= 4 is 10.4 Å². The summed E-state index contributed by atoms with van der Waals surface area (Å²) in [7, 11) is -3.05. The Morgan fingerprint density at radius 2 is 1.60 bits per heavy atom. The first kappa shape index (κ1) is 16.8. The maximum atomic E-state index is 8.74. The van der Waals surface area contributed by atoms with Crippen LogP contribution in [0.1, 0.15) is 0 Å². The first-order chi connectivity index (χ1) is 3.91. The Kier molecular flexibility index (Phi) is 15.8. The molecule has 0 fully saturated rings. The number of hydrogen-bond acceptors (Lipinski definition) is 3. The third-order valence-corrected chi connectivity index (χ3v) is 0.204. The van der Waals surface area contributed by atoms with Crippen molar-refractivity contribution in [3.8, 4) is 0 Å². The Labute approximate surface area is 72.5 Å². The fourth-order valence-electron chi connectivity index (χ4n) is 0. The van der Waals surface area contributed by atoms with Gasteiger partial charge in [0.25, 0.3) is 0 Å². The van der Waals surface area contributed by atoms with Crippen LogP contribution in [0.3, 0.4) is 0 Å². The van der Waals surface area contributed by atoms with E-state index in [9.17, 15) is 0 Å². The van der Waals surface area contributed by atoms with Gasteiger partial charge in [-0.25, -0.2) is 0 Å². The molecule has 7 heteroatoms. The monoisotopic (exact) mass is 164 g/mol. The Bertz CT molecular complexity index is 120. The van der Waals surface area contributed by atoms with Crippen molar-refractivity contribution in [1.82, 2.24) is 0 Å². The Balaban J connectivity index is -0.0000000910. The summed E-state index contributed by atoms with van der Waals surface area (Å²) < 4.78 is 36.0. The van der Waals surface area contributed by atoms with Crippen LogP contribution in [-0.2, 0) is 15.1 Å². The molecular weight excluding hydrogens is 155 g/mol. The van der Waals surface area contributed by atoms with Crippen LogP contribution >= 0.6 is 0 Å². The zero-order chi connectivity index (χ0) is 7.91. The Morgan fingerprint density at radius 3 is 1.60 bits per heavy atom. The third kappa shape index (κ3) is 228. The first-order valence-electron chi connectivity index (χ1n) is 1.90. The predicted octanol–water partition coefficient (Wildman–Crippen LogP) is -3.18. The number of methoxy groups -OCH3 is 1. The maximum absolute atomic E-state index is 8.74. The van der Waals surface area contributed by atoms with Crippen LogP contribution in [0, 0.1) is 6.92 Å². The van der Waals surface area contributed by atoms with E-state index in [0.29, 0.717) is 6.61 Å². The van der Waals surface area contributed by atoms with Gasteiger partial charge in [-0.15, -0.1) is 0 Å². The molecule has 0 aliphatic heterocycles. The third-order valence-electron chi connectivity index (χ3n) is 0.204. The van der Waals surface area contributed by atoms with E-state index in [1.54, 1.807) is 7.11 Å².